The van der Waals surface area contributed by atoms with E-state index in [0.717, 1.165) is 28.9 Å². The zero-order valence-electron chi connectivity index (χ0n) is 9.86. The summed E-state index contributed by atoms with van der Waals surface area (Å²) < 4.78 is 0.515. The van der Waals surface area contributed by atoms with Crippen LogP contribution in [-0.2, 0) is 0 Å². The summed E-state index contributed by atoms with van der Waals surface area (Å²) in [5.41, 5.74) is -0.604. The number of non-ortho nitro benzene ring substituents is 1. The summed E-state index contributed by atoms with van der Waals surface area (Å²) in [6.07, 6.45) is 0. The number of aromatic nitrogens is 2. The Morgan fingerprint density at radius 3 is 2.70 bits per heavy atom. The molecule has 0 unspecified atom stereocenters. The Morgan fingerprint density at radius 2 is 2.20 bits per heavy atom. The van der Waals surface area contributed by atoms with E-state index < -0.39 is 10.9 Å². The summed E-state index contributed by atoms with van der Waals surface area (Å²) >= 11 is 8.24. The molecule has 0 aliphatic heterocycles. The van der Waals surface area contributed by atoms with Crippen molar-refractivity contribution in [2.45, 2.75) is 16.2 Å². The average Bonchev–Trinajstić information content (AvgIpc) is 2.76. The molecular formula is C10H6ClN3O4S2. The number of aryl methyl sites for hydroxylation is 1. The molecule has 0 saturated carbocycles. The average molecular weight is 332 g/mol. The molecule has 1 N–H and O–H groups in total. The van der Waals surface area contributed by atoms with Crippen molar-refractivity contribution in [1.29, 1.82) is 0 Å². The lowest BCUT2D eigenvalue weighted by atomic mass is 10.2. The fourth-order valence-electron chi connectivity index (χ4n) is 1.35. The largest absolute Gasteiger partial charge is 0.478 e. The summed E-state index contributed by atoms with van der Waals surface area (Å²) in [5, 5.41) is 28.3. The van der Waals surface area contributed by atoms with Gasteiger partial charge in [0.05, 0.1) is 15.5 Å². The lowest BCUT2D eigenvalue weighted by molar-refractivity contribution is -0.384. The van der Waals surface area contributed by atoms with Gasteiger partial charge in [-0.25, -0.2) is 4.79 Å². The summed E-state index contributed by atoms with van der Waals surface area (Å²) in [4.78, 5) is 21.5. The maximum atomic E-state index is 11.2. The second-order valence-corrected chi connectivity index (χ2v) is 6.40. The van der Waals surface area contributed by atoms with E-state index in [1.807, 2.05) is 0 Å². The molecule has 2 rings (SSSR count). The number of hydrogen-bond acceptors (Lipinski definition) is 7. The topological polar surface area (TPSA) is 106 Å². The standard InChI is InChI=1S/C10H6ClN3O4S2/c1-4-12-13-10(19-4)20-8-6(9(15)16)2-5(14(17)18)3-7(8)11/h2-3H,1H3,(H,15,16). The molecule has 104 valence electrons. The highest BCUT2D eigenvalue weighted by Gasteiger charge is 2.21. The third-order valence-electron chi connectivity index (χ3n) is 2.17. The van der Waals surface area contributed by atoms with E-state index in [-0.39, 0.29) is 21.2 Å². The zero-order valence-corrected chi connectivity index (χ0v) is 12.3. The van der Waals surface area contributed by atoms with E-state index in [0.29, 0.717) is 4.34 Å². The second-order valence-electron chi connectivity index (χ2n) is 3.56. The minimum absolute atomic E-state index is 0.00514. The second kappa shape index (κ2) is 5.73. The summed E-state index contributed by atoms with van der Waals surface area (Å²) in [7, 11) is 0. The number of carboxylic acid groups (broad SMARTS) is 1. The number of hydrogen-bond donors (Lipinski definition) is 1. The molecule has 0 fully saturated rings. The van der Waals surface area contributed by atoms with Crippen LogP contribution in [0.3, 0.4) is 0 Å². The molecule has 20 heavy (non-hydrogen) atoms. The Morgan fingerprint density at radius 1 is 1.50 bits per heavy atom. The van der Waals surface area contributed by atoms with Crippen molar-refractivity contribution in [3.05, 3.63) is 37.8 Å². The molecule has 0 atom stereocenters. The van der Waals surface area contributed by atoms with Crippen molar-refractivity contribution in [2.24, 2.45) is 0 Å². The molecule has 0 aliphatic rings. The van der Waals surface area contributed by atoms with Gasteiger partial charge >= 0.3 is 5.97 Å². The predicted molar refractivity (Wildman–Crippen MR) is 73.8 cm³/mol. The summed E-state index contributed by atoms with van der Waals surface area (Å²) in [6.45, 7) is 1.76. The van der Waals surface area contributed by atoms with Crippen LogP contribution in [0.4, 0.5) is 5.69 Å². The lowest BCUT2D eigenvalue weighted by Gasteiger charge is -2.06. The van der Waals surface area contributed by atoms with Gasteiger partial charge in [-0.1, -0.05) is 34.7 Å². The van der Waals surface area contributed by atoms with Crippen molar-refractivity contribution in [3.63, 3.8) is 0 Å². The highest BCUT2D eigenvalue weighted by molar-refractivity contribution is 8.01. The van der Waals surface area contributed by atoms with Crippen LogP contribution >= 0.6 is 34.7 Å². The van der Waals surface area contributed by atoms with E-state index >= 15 is 0 Å². The van der Waals surface area contributed by atoms with Crippen LogP contribution in [0, 0.1) is 17.0 Å². The first kappa shape index (κ1) is 14.7. The van der Waals surface area contributed by atoms with Gasteiger partial charge in [-0.3, -0.25) is 10.1 Å². The summed E-state index contributed by atoms with van der Waals surface area (Å²) in [5.74, 6) is -1.29. The van der Waals surface area contributed by atoms with E-state index in [2.05, 4.69) is 10.2 Å². The Labute approximate surface area is 125 Å². The zero-order chi connectivity index (χ0) is 14.9. The predicted octanol–water partition coefficient (Wildman–Crippen LogP) is 3.26. The van der Waals surface area contributed by atoms with Gasteiger partial charge in [0.2, 0.25) is 0 Å². The smallest absolute Gasteiger partial charge is 0.337 e. The number of halogens is 1. The van der Waals surface area contributed by atoms with Gasteiger partial charge in [-0.05, 0) is 6.92 Å². The molecule has 0 radical (unpaired) electrons. The third kappa shape index (κ3) is 3.06. The van der Waals surface area contributed by atoms with Crippen molar-refractivity contribution >= 4 is 46.4 Å². The van der Waals surface area contributed by atoms with Crippen LogP contribution in [0.1, 0.15) is 15.4 Å². The van der Waals surface area contributed by atoms with Crippen molar-refractivity contribution in [2.75, 3.05) is 0 Å². The third-order valence-corrected chi connectivity index (χ3v) is 4.61. The molecular weight excluding hydrogens is 326 g/mol. The van der Waals surface area contributed by atoms with E-state index in [4.69, 9.17) is 16.7 Å². The SMILES string of the molecule is Cc1nnc(Sc2c(Cl)cc([N+](=O)[O-])cc2C(=O)O)s1. The van der Waals surface area contributed by atoms with Gasteiger partial charge in [0.15, 0.2) is 4.34 Å². The Hall–Kier alpha value is -1.71. The Balaban J connectivity index is 2.51. The molecule has 0 amide bonds. The lowest BCUT2D eigenvalue weighted by Crippen LogP contribution is -2.01. The minimum atomic E-state index is -1.29. The van der Waals surface area contributed by atoms with Gasteiger partial charge in [-0.15, -0.1) is 10.2 Å². The number of aromatic carboxylic acids is 1. The number of rotatable bonds is 4. The van der Waals surface area contributed by atoms with Crippen molar-refractivity contribution < 1.29 is 14.8 Å². The molecule has 0 aliphatic carbocycles. The van der Waals surface area contributed by atoms with E-state index in [9.17, 15) is 14.9 Å². The van der Waals surface area contributed by atoms with Crippen LogP contribution < -0.4 is 0 Å². The number of carboxylic acids is 1. The number of nitro benzene ring substituents is 1. The maximum Gasteiger partial charge on any atom is 0.337 e. The number of carbonyl (C=O) groups is 1. The molecule has 1 heterocycles. The Kier molecular flexibility index (Phi) is 4.21. The van der Waals surface area contributed by atoms with Gasteiger partial charge in [0, 0.05) is 17.0 Å². The summed E-state index contributed by atoms with van der Waals surface area (Å²) in [6, 6.07) is 2.09. The van der Waals surface area contributed by atoms with Crippen LogP contribution in [0.5, 0.6) is 0 Å². The molecule has 1 aromatic heterocycles. The fourth-order valence-corrected chi connectivity index (χ4v) is 3.55. The molecule has 0 saturated heterocycles. The first-order valence-corrected chi connectivity index (χ1v) is 7.08. The minimum Gasteiger partial charge on any atom is -0.478 e. The van der Waals surface area contributed by atoms with Crippen LogP contribution in [0.25, 0.3) is 0 Å². The molecule has 1 aromatic carbocycles. The molecule has 2 aromatic rings. The first-order valence-electron chi connectivity index (χ1n) is 5.07. The van der Waals surface area contributed by atoms with Crippen molar-refractivity contribution in [1.82, 2.24) is 10.2 Å². The molecule has 0 spiro atoms. The molecule has 0 bridgehead atoms. The van der Waals surface area contributed by atoms with Gasteiger partial charge in [0.1, 0.15) is 5.01 Å². The van der Waals surface area contributed by atoms with E-state index in [1.165, 1.54) is 11.3 Å². The highest BCUT2D eigenvalue weighted by Crippen LogP contribution is 2.39. The monoisotopic (exact) mass is 331 g/mol. The molecule has 10 heteroatoms. The first-order chi connectivity index (χ1) is 9.38. The van der Waals surface area contributed by atoms with Gasteiger partial charge in [-0.2, -0.15) is 0 Å². The maximum absolute atomic E-state index is 11.2. The normalized spacial score (nSPS) is 10.5. The number of benzene rings is 1. The number of nitro groups is 1. The highest BCUT2D eigenvalue weighted by atomic mass is 35.5. The van der Waals surface area contributed by atoms with E-state index in [1.54, 1.807) is 6.92 Å². The van der Waals surface area contributed by atoms with Crippen molar-refractivity contribution in [3.8, 4) is 0 Å². The molecule has 7 nitrogen and oxygen atoms in total. The fraction of sp³-hybridized carbons (Fsp3) is 0.100. The quantitative estimate of drug-likeness (QED) is 0.676. The van der Waals surface area contributed by atoms with Crippen LogP contribution in [0.2, 0.25) is 5.02 Å². The van der Waals surface area contributed by atoms with Gasteiger partial charge < -0.3 is 5.11 Å². The van der Waals surface area contributed by atoms with Crippen LogP contribution in [0.15, 0.2) is 21.4 Å². The van der Waals surface area contributed by atoms with Crippen LogP contribution in [-0.4, -0.2) is 26.2 Å². The Bertz CT molecular complexity index is 704. The van der Waals surface area contributed by atoms with Gasteiger partial charge in [0.25, 0.3) is 5.69 Å². The number of nitrogens with zero attached hydrogens (tertiary/aromatic N) is 3.